The molecule has 2 heterocycles. The largest absolute Gasteiger partial charge is 0.476 e. The smallest absolute Gasteiger partial charge is 0.356 e. The number of Topliss-reactive ketones (excluding diaryl/α,β-unsaturated/α-hetero) is 1. The molecule has 0 aliphatic heterocycles. The van der Waals surface area contributed by atoms with Crippen LogP contribution in [0.1, 0.15) is 32.8 Å². The molecule has 18 heavy (non-hydrogen) atoms. The van der Waals surface area contributed by atoms with E-state index < -0.39 is 5.97 Å². The third-order valence-corrected chi connectivity index (χ3v) is 3.26. The van der Waals surface area contributed by atoms with E-state index in [0.29, 0.717) is 17.4 Å². The molecule has 2 aromatic heterocycles. The van der Waals surface area contributed by atoms with Crippen molar-refractivity contribution in [2.75, 3.05) is 5.32 Å². The zero-order valence-corrected chi connectivity index (χ0v) is 10.3. The molecule has 0 spiro atoms. The number of hydrogen-bond donors (Lipinski definition) is 2. The lowest BCUT2D eigenvalue weighted by Crippen LogP contribution is -2.04. The quantitative estimate of drug-likeness (QED) is 0.806. The Labute approximate surface area is 106 Å². The first kappa shape index (κ1) is 12.3. The normalized spacial score (nSPS) is 10.3. The van der Waals surface area contributed by atoms with Gasteiger partial charge in [-0.2, -0.15) is 0 Å². The molecule has 0 bridgehead atoms. The van der Waals surface area contributed by atoms with E-state index >= 15 is 0 Å². The summed E-state index contributed by atoms with van der Waals surface area (Å²) in [4.78, 5) is 26.2. The summed E-state index contributed by atoms with van der Waals surface area (Å²) in [6.45, 7) is 1.70. The number of carbonyl (C=O) groups is 2. The van der Waals surface area contributed by atoms with Gasteiger partial charge in [0, 0.05) is 6.92 Å². The van der Waals surface area contributed by atoms with E-state index in [4.69, 9.17) is 9.52 Å². The molecule has 0 aromatic carbocycles. The van der Waals surface area contributed by atoms with E-state index in [1.54, 1.807) is 18.4 Å². The van der Waals surface area contributed by atoms with E-state index in [0.717, 1.165) is 11.3 Å². The minimum Gasteiger partial charge on any atom is -0.476 e. The highest BCUT2D eigenvalue weighted by Gasteiger charge is 2.20. The number of aromatic carboxylic acids is 1. The van der Waals surface area contributed by atoms with Gasteiger partial charge < -0.3 is 14.8 Å². The van der Waals surface area contributed by atoms with E-state index in [1.165, 1.54) is 6.92 Å². The van der Waals surface area contributed by atoms with Crippen LogP contribution in [0.2, 0.25) is 0 Å². The Morgan fingerprint density at radius 1 is 1.56 bits per heavy atom. The van der Waals surface area contributed by atoms with Crippen LogP contribution in [-0.4, -0.2) is 21.8 Å². The van der Waals surface area contributed by atoms with E-state index in [9.17, 15) is 9.59 Å². The molecule has 0 saturated heterocycles. The van der Waals surface area contributed by atoms with Gasteiger partial charge in [0.1, 0.15) is 10.6 Å². The SMILES string of the molecule is CC(=O)c1sc(NCc2ccco2)nc1C(=O)O. The summed E-state index contributed by atoms with van der Waals surface area (Å²) in [6, 6.07) is 3.53. The Kier molecular flexibility index (Phi) is 3.42. The van der Waals surface area contributed by atoms with Crippen LogP contribution in [0.5, 0.6) is 0 Å². The zero-order chi connectivity index (χ0) is 13.1. The van der Waals surface area contributed by atoms with E-state index in [-0.39, 0.29) is 16.4 Å². The maximum absolute atomic E-state index is 11.3. The highest BCUT2D eigenvalue weighted by Crippen LogP contribution is 2.24. The summed E-state index contributed by atoms with van der Waals surface area (Å²) in [5.41, 5.74) is -0.213. The van der Waals surface area contributed by atoms with Gasteiger partial charge in [-0.05, 0) is 12.1 Å². The zero-order valence-electron chi connectivity index (χ0n) is 9.47. The molecule has 0 unspecified atom stereocenters. The van der Waals surface area contributed by atoms with Crippen molar-refractivity contribution in [1.29, 1.82) is 0 Å². The minimum absolute atomic E-state index is 0.143. The van der Waals surface area contributed by atoms with Crippen molar-refractivity contribution in [3.05, 3.63) is 34.7 Å². The number of ketones is 1. The molecule has 0 amide bonds. The topological polar surface area (TPSA) is 92.4 Å². The Bertz CT molecular complexity index is 542. The third kappa shape index (κ3) is 2.57. The van der Waals surface area contributed by atoms with Gasteiger partial charge in [0.15, 0.2) is 16.6 Å². The second kappa shape index (κ2) is 5.01. The fourth-order valence-electron chi connectivity index (χ4n) is 1.36. The summed E-state index contributed by atoms with van der Waals surface area (Å²) >= 11 is 1.02. The van der Waals surface area contributed by atoms with Crippen LogP contribution in [0.3, 0.4) is 0 Å². The molecule has 2 N–H and O–H groups in total. The summed E-state index contributed by atoms with van der Waals surface area (Å²) in [7, 11) is 0. The average Bonchev–Trinajstić information content (AvgIpc) is 2.95. The number of rotatable bonds is 5. The Morgan fingerprint density at radius 3 is 2.83 bits per heavy atom. The summed E-state index contributed by atoms with van der Waals surface area (Å²) in [6.07, 6.45) is 1.54. The molecule has 0 aliphatic rings. The first-order valence-corrected chi connectivity index (χ1v) is 5.91. The summed E-state index contributed by atoms with van der Waals surface area (Å²) < 4.78 is 5.12. The molecule has 7 heteroatoms. The molecule has 0 fully saturated rings. The number of hydrogen-bond acceptors (Lipinski definition) is 6. The van der Waals surface area contributed by atoms with E-state index in [2.05, 4.69) is 10.3 Å². The first-order chi connectivity index (χ1) is 8.58. The van der Waals surface area contributed by atoms with Gasteiger partial charge in [-0.15, -0.1) is 0 Å². The number of furan rings is 1. The lowest BCUT2D eigenvalue weighted by atomic mass is 10.3. The average molecular weight is 266 g/mol. The van der Waals surface area contributed by atoms with Crippen molar-refractivity contribution in [2.45, 2.75) is 13.5 Å². The van der Waals surface area contributed by atoms with Crippen molar-refractivity contribution < 1.29 is 19.1 Å². The molecule has 0 radical (unpaired) electrons. The van der Waals surface area contributed by atoms with Crippen LogP contribution in [0.25, 0.3) is 0 Å². The molecule has 0 aliphatic carbocycles. The molecule has 0 atom stereocenters. The maximum Gasteiger partial charge on any atom is 0.356 e. The number of aromatic nitrogens is 1. The number of anilines is 1. The monoisotopic (exact) mass is 266 g/mol. The van der Waals surface area contributed by atoms with E-state index in [1.807, 2.05) is 0 Å². The molecule has 94 valence electrons. The van der Waals surface area contributed by atoms with Crippen molar-refractivity contribution in [2.24, 2.45) is 0 Å². The number of carbonyl (C=O) groups excluding carboxylic acids is 1. The predicted octanol–water partition coefficient (Wildman–Crippen LogP) is 2.25. The van der Waals surface area contributed by atoms with Crippen molar-refractivity contribution in [3.63, 3.8) is 0 Å². The van der Waals surface area contributed by atoms with Crippen molar-refractivity contribution in [1.82, 2.24) is 4.98 Å². The second-order valence-electron chi connectivity index (χ2n) is 3.49. The van der Waals surface area contributed by atoms with Crippen molar-refractivity contribution in [3.8, 4) is 0 Å². The summed E-state index contributed by atoms with van der Waals surface area (Å²) in [5.74, 6) is -0.815. The number of thiazole rings is 1. The van der Waals surface area contributed by atoms with Crippen LogP contribution in [0, 0.1) is 0 Å². The lowest BCUT2D eigenvalue weighted by molar-refractivity contribution is 0.0687. The Hall–Kier alpha value is -2.15. The number of nitrogens with zero attached hydrogens (tertiary/aromatic N) is 1. The van der Waals surface area contributed by atoms with Gasteiger partial charge >= 0.3 is 5.97 Å². The van der Waals surface area contributed by atoms with Gasteiger partial charge in [0.05, 0.1) is 12.8 Å². The molecule has 0 saturated carbocycles. The molecule has 6 nitrogen and oxygen atoms in total. The predicted molar refractivity (Wildman–Crippen MR) is 65.1 cm³/mol. The van der Waals surface area contributed by atoms with Gasteiger partial charge in [-0.3, -0.25) is 4.79 Å². The van der Waals surface area contributed by atoms with Gasteiger partial charge in [-0.25, -0.2) is 9.78 Å². The van der Waals surface area contributed by atoms with Crippen LogP contribution in [-0.2, 0) is 6.54 Å². The standard InChI is InChI=1S/C11H10N2O4S/c1-6(14)9-8(10(15)16)13-11(18-9)12-5-7-3-2-4-17-7/h2-4H,5H2,1H3,(H,12,13)(H,15,16). The summed E-state index contributed by atoms with van der Waals surface area (Å²) in [5, 5.41) is 12.2. The fourth-order valence-corrected chi connectivity index (χ4v) is 2.20. The molecule has 2 rings (SSSR count). The molecule has 2 aromatic rings. The van der Waals surface area contributed by atoms with Crippen LogP contribution < -0.4 is 5.32 Å². The van der Waals surface area contributed by atoms with Gasteiger partial charge in [-0.1, -0.05) is 11.3 Å². The highest BCUT2D eigenvalue weighted by atomic mass is 32.1. The molecular weight excluding hydrogens is 256 g/mol. The van der Waals surface area contributed by atoms with Crippen LogP contribution in [0.15, 0.2) is 22.8 Å². The first-order valence-electron chi connectivity index (χ1n) is 5.09. The minimum atomic E-state index is -1.21. The maximum atomic E-state index is 11.3. The lowest BCUT2D eigenvalue weighted by Gasteiger charge is -1.97. The highest BCUT2D eigenvalue weighted by molar-refractivity contribution is 7.17. The number of nitrogens with one attached hydrogen (secondary N) is 1. The Morgan fingerprint density at radius 2 is 2.33 bits per heavy atom. The third-order valence-electron chi connectivity index (χ3n) is 2.14. The van der Waals surface area contributed by atoms with Gasteiger partial charge in [0.25, 0.3) is 0 Å². The van der Waals surface area contributed by atoms with Gasteiger partial charge in [0.2, 0.25) is 0 Å². The number of carboxylic acids is 1. The van der Waals surface area contributed by atoms with Crippen LogP contribution in [0.4, 0.5) is 5.13 Å². The second-order valence-corrected chi connectivity index (χ2v) is 4.49. The Balaban J connectivity index is 2.16. The molecular formula is C11H10N2O4S. The fraction of sp³-hybridized carbons (Fsp3) is 0.182. The van der Waals surface area contributed by atoms with Crippen LogP contribution >= 0.6 is 11.3 Å². The number of carboxylic acid groups (broad SMARTS) is 1. The van der Waals surface area contributed by atoms with Crippen molar-refractivity contribution >= 4 is 28.2 Å².